The number of ether oxygens (including phenoxy) is 1. The summed E-state index contributed by atoms with van der Waals surface area (Å²) in [7, 11) is -2.05. The maximum Gasteiger partial charge on any atom is 0.242 e. The molecule has 0 aliphatic carbocycles. The summed E-state index contributed by atoms with van der Waals surface area (Å²) in [6.07, 6.45) is 3.52. The Labute approximate surface area is 126 Å². The lowest BCUT2D eigenvalue weighted by atomic mass is 9.78. The average molecular weight is 313 g/mol. The van der Waals surface area contributed by atoms with Gasteiger partial charge in [0.15, 0.2) is 0 Å². The number of piperidine rings is 1. The second-order valence-electron chi connectivity index (χ2n) is 5.99. The zero-order chi connectivity index (χ0) is 15.5. The van der Waals surface area contributed by atoms with Crippen molar-refractivity contribution in [1.82, 2.24) is 15.0 Å². The smallest absolute Gasteiger partial charge is 0.242 e. The van der Waals surface area contributed by atoms with E-state index in [1.54, 1.807) is 0 Å². The molecule has 21 heavy (non-hydrogen) atoms. The van der Waals surface area contributed by atoms with Gasteiger partial charge in [-0.1, -0.05) is 13.8 Å². The van der Waals surface area contributed by atoms with Crippen LogP contribution in [0.5, 0.6) is 5.88 Å². The highest BCUT2D eigenvalue weighted by Gasteiger charge is 2.32. The van der Waals surface area contributed by atoms with E-state index in [4.69, 9.17) is 4.74 Å². The molecule has 118 valence electrons. The van der Waals surface area contributed by atoms with Crippen molar-refractivity contribution in [1.29, 1.82) is 0 Å². The number of pyridine rings is 1. The van der Waals surface area contributed by atoms with E-state index in [9.17, 15) is 8.42 Å². The van der Waals surface area contributed by atoms with Crippen LogP contribution in [0, 0.1) is 5.41 Å². The summed E-state index contributed by atoms with van der Waals surface area (Å²) in [5.74, 6) is 0.393. The lowest BCUT2D eigenvalue weighted by molar-refractivity contribution is 0.181. The summed E-state index contributed by atoms with van der Waals surface area (Å²) in [6, 6.07) is 3.16. The van der Waals surface area contributed by atoms with Crippen molar-refractivity contribution in [2.75, 3.05) is 20.2 Å². The fourth-order valence-electron chi connectivity index (χ4n) is 2.54. The Bertz CT molecular complexity index is 570. The first-order chi connectivity index (χ1) is 9.85. The minimum atomic E-state index is -3.54. The average Bonchev–Trinajstić information content (AvgIpc) is 2.46. The van der Waals surface area contributed by atoms with Crippen LogP contribution >= 0.6 is 0 Å². The molecule has 1 aliphatic rings. The number of nitrogens with one attached hydrogen (secondary N) is 2. The van der Waals surface area contributed by atoms with Gasteiger partial charge < -0.3 is 10.1 Å². The van der Waals surface area contributed by atoms with Crippen molar-refractivity contribution in [3.63, 3.8) is 0 Å². The van der Waals surface area contributed by atoms with Crippen LogP contribution in [0.3, 0.4) is 0 Å². The molecular formula is C14H23N3O3S. The van der Waals surface area contributed by atoms with Crippen LogP contribution in [0.25, 0.3) is 0 Å². The Morgan fingerprint density at radius 2 is 2.24 bits per heavy atom. The maximum atomic E-state index is 12.3. The molecule has 0 saturated carbocycles. The molecule has 6 nitrogen and oxygen atoms in total. The highest BCUT2D eigenvalue weighted by Crippen LogP contribution is 2.29. The topological polar surface area (TPSA) is 80.3 Å². The zero-order valence-corrected chi connectivity index (χ0v) is 13.5. The Morgan fingerprint density at radius 3 is 2.81 bits per heavy atom. The molecule has 1 atom stereocenters. The largest absolute Gasteiger partial charge is 0.481 e. The van der Waals surface area contributed by atoms with Crippen LogP contribution in [-0.4, -0.2) is 39.6 Å². The SMILES string of the molecule is COc1ccc(S(=O)(=O)NCC2NCCCC2(C)C)cn1. The molecule has 0 spiro atoms. The van der Waals surface area contributed by atoms with Crippen molar-refractivity contribution in [2.24, 2.45) is 5.41 Å². The number of nitrogens with zero attached hydrogens (tertiary/aromatic N) is 1. The van der Waals surface area contributed by atoms with Gasteiger partial charge in [0.25, 0.3) is 0 Å². The van der Waals surface area contributed by atoms with Crippen LogP contribution in [0.4, 0.5) is 0 Å². The van der Waals surface area contributed by atoms with E-state index in [-0.39, 0.29) is 16.4 Å². The second kappa shape index (κ2) is 6.29. The van der Waals surface area contributed by atoms with E-state index < -0.39 is 10.0 Å². The molecule has 1 fully saturated rings. The normalized spacial score (nSPS) is 22.0. The van der Waals surface area contributed by atoms with Gasteiger partial charge >= 0.3 is 0 Å². The minimum Gasteiger partial charge on any atom is -0.481 e. The number of hydrogen-bond donors (Lipinski definition) is 2. The molecular weight excluding hydrogens is 290 g/mol. The molecule has 1 saturated heterocycles. The second-order valence-corrected chi connectivity index (χ2v) is 7.75. The molecule has 0 bridgehead atoms. The Balaban J connectivity index is 2.03. The van der Waals surface area contributed by atoms with E-state index >= 15 is 0 Å². The van der Waals surface area contributed by atoms with E-state index in [2.05, 4.69) is 28.9 Å². The molecule has 0 aromatic carbocycles. The van der Waals surface area contributed by atoms with E-state index in [1.165, 1.54) is 25.4 Å². The van der Waals surface area contributed by atoms with Gasteiger partial charge in [0.2, 0.25) is 15.9 Å². The molecule has 0 amide bonds. The number of rotatable bonds is 5. The van der Waals surface area contributed by atoms with Crippen molar-refractivity contribution < 1.29 is 13.2 Å². The van der Waals surface area contributed by atoms with E-state index in [1.807, 2.05) is 0 Å². The third-order valence-corrected chi connectivity index (χ3v) is 5.45. The van der Waals surface area contributed by atoms with Crippen molar-refractivity contribution in [3.8, 4) is 5.88 Å². The lowest BCUT2D eigenvalue weighted by Gasteiger charge is -2.39. The van der Waals surface area contributed by atoms with Crippen LogP contribution in [0.15, 0.2) is 23.2 Å². The molecule has 0 radical (unpaired) electrons. The van der Waals surface area contributed by atoms with Gasteiger partial charge in [-0.2, -0.15) is 0 Å². The molecule has 1 aromatic rings. The van der Waals surface area contributed by atoms with E-state index in [0.29, 0.717) is 12.4 Å². The monoisotopic (exact) mass is 313 g/mol. The first kappa shape index (κ1) is 16.2. The van der Waals surface area contributed by atoms with Gasteiger partial charge in [0.1, 0.15) is 4.90 Å². The molecule has 2 N–H and O–H groups in total. The van der Waals surface area contributed by atoms with Crippen LogP contribution in [-0.2, 0) is 10.0 Å². The lowest BCUT2D eigenvalue weighted by Crippen LogP contribution is -2.52. The third kappa shape index (κ3) is 3.93. The minimum absolute atomic E-state index is 0.0823. The molecule has 1 aromatic heterocycles. The van der Waals surface area contributed by atoms with Gasteiger partial charge in [-0.3, -0.25) is 0 Å². The van der Waals surface area contributed by atoms with Crippen LogP contribution in [0.2, 0.25) is 0 Å². The Hall–Kier alpha value is -1.18. The first-order valence-electron chi connectivity index (χ1n) is 7.08. The summed E-state index contributed by atoms with van der Waals surface area (Å²) in [5.41, 5.74) is 0.0823. The van der Waals surface area contributed by atoms with Gasteiger partial charge in [-0.25, -0.2) is 18.1 Å². The van der Waals surface area contributed by atoms with Crippen LogP contribution in [0.1, 0.15) is 26.7 Å². The van der Waals surface area contributed by atoms with Gasteiger partial charge in [0, 0.05) is 18.7 Å². The Kier molecular flexibility index (Phi) is 4.85. The highest BCUT2D eigenvalue weighted by molar-refractivity contribution is 7.89. The third-order valence-electron chi connectivity index (χ3n) is 4.04. The summed E-state index contributed by atoms with van der Waals surface area (Å²) in [6.45, 7) is 5.63. The predicted octanol–water partition coefficient (Wildman–Crippen LogP) is 1.15. The Morgan fingerprint density at radius 1 is 1.48 bits per heavy atom. The fourth-order valence-corrected chi connectivity index (χ4v) is 3.53. The molecule has 1 aliphatic heterocycles. The first-order valence-corrected chi connectivity index (χ1v) is 8.56. The highest BCUT2D eigenvalue weighted by atomic mass is 32.2. The quantitative estimate of drug-likeness (QED) is 0.852. The van der Waals surface area contributed by atoms with Crippen LogP contribution < -0.4 is 14.8 Å². The number of aromatic nitrogens is 1. The molecule has 1 unspecified atom stereocenters. The van der Waals surface area contributed by atoms with Gasteiger partial charge in [-0.15, -0.1) is 0 Å². The predicted molar refractivity (Wildman–Crippen MR) is 80.8 cm³/mol. The standard InChI is InChI=1S/C14H23N3O3S/c1-14(2)7-4-8-15-12(14)10-17-21(18,19)11-5-6-13(20-3)16-9-11/h5-6,9,12,15,17H,4,7-8,10H2,1-3H3. The van der Waals surface area contributed by atoms with Crippen molar-refractivity contribution >= 4 is 10.0 Å². The number of hydrogen-bond acceptors (Lipinski definition) is 5. The maximum absolute atomic E-state index is 12.3. The van der Waals surface area contributed by atoms with Crippen molar-refractivity contribution in [2.45, 2.75) is 37.6 Å². The van der Waals surface area contributed by atoms with E-state index in [0.717, 1.165) is 19.4 Å². The molecule has 2 rings (SSSR count). The number of methoxy groups -OCH3 is 1. The number of sulfonamides is 1. The summed E-state index contributed by atoms with van der Waals surface area (Å²) >= 11 is 0. The van der Waals surface area contributed by atoms with Gasteiger partial charge in [-0.05, 0) is 30.9 Å². The summed E-state index contributed by atoms with van der Waals surface area (Å²) < 4.78 is 32.1. The molecule has 2 heterocycles. The van der Waals surface area contributed by atoms with Gasteiger partial charge in [0.05, 0.1) is 13.3 Å². The summed E-state index contributed by atoms with van der Waals surface area (Å²) in [5, 5.41) is 3.39. The fraction of sp³-hybridized carbons (Fsp3) is 0.643. The van der Waals surface area contributed by atoms with Crippen molar-refractivity contribution in [3.05, 3.63) is 18.3 Å². The zero-order valence-electron chi connectivity index (χ0n) is 12.7. The summed E-state index contributed by atoms with van der Waals surface area (Å²) in [4.78, 5) is 4.08. The molecule has 7 heteroatoms.